The predicted octanol–water partition coefficient (Wildman–Crippen LogP) is 7.55. The summed E-state index contributed by atoms with van der Waals surface area (Å²) in [5, 5.41) is 0.441. The lowest BCUT2D eigenvalue weighted by Crippen LogP contribution is -2.09. The molecule has 0 nitrogen and oxygen atoms in total. The molecule has 2 atom stereocenters. The molecule has 0 N–H and O–H groups in total. The van der Waals surface area contributed by atoms with E-state index in [1.807, 2.05) is 13.0 Å². The van der Waals surface area contributed by atoms with Gasteiger partial charge in [0.05, 0.1) is 10.6 Å². The molecule has 4 heteroatoms. The van der Waals surface area contributed by atoms with Crippen LogP contribution in [0.15, 0.2) is 52.8 Å². The van der Waals surface area contributed by atoms with Gasteiger partial charge in [0.1, 0.15) is 0 Å². The summed E-state index contributed by atoms with van der Waals surface area (Å²) in [4.78, 5) is 0. The standard InChI is InChI=1S/C22H24ClF3/c1-5-14(3)15(4)12-20-18(6-2)19-13-17(22(24,25)26)11-10-16(19)8-7-9-21(20)23/h6-7,10-15H,5,8H2,1-4H3. The van der Waals surface area contributed by atoms with Gasteiger partial charge in [0, 0.05) is 5.57 Å². The van der Waals surface area contributed by atoms with Crippen LogP contribution in [-0.4, -0.2) is 0 Å². The van der Waals surface area contributed by atoms with E-state index in [9.17, 15) is 13.2 Å². The van der Waals surface area contributed by atoms with Gasteiger partial charge < -0.3 is 0 Å². The summed E-state index contributed by atoms with van der Waals surface area (Å²) in [7, 11) is 0. The third-order valence-corrected chi connectivity index (χ3v) is 5.38. The van der Waals surface area contributed by atoms with Gasteiger partial charge in [0.2, 0.25) is 0 Å². The smallest absolute Gasteiger partial charge is 0.166 e. The summed E-state index contributed by atoms with van der Waals surface area (Å²) in [5.74, 6) is 0.689. The first-order valence-corrected chi connectivity index (χ1v) is 9.26. The highest BCUT2D eigenvalue weighted by Gasteiger charge is 2.31. The minimum atomic E-state index is -4.38. The van der Waals surface area contributed by atoms with Gasteiger partial charge in [-0.1, -0.05) is 57.0 Å². The zero-order valence-corrected chi connectivity index (χ0v) is 16.3. The van der Waals surface area contributed by atoms with Crippen LogP contribution in [0.3, 0.4) is 0 Å². The molecule has 1 aromatic carbocycles. The Bertz CT molecular complexity index is 790. The van der Waals surface area contributed by atoms with E-state index in [2.05, 4.69) is 32.6 Å². The number of allylic oxidation sites excluding steroid dienone is 5. The summed E-state index contributed by atoms with van der Waals surface area (Å²) in [5.41, 5.74) is 5.33. The lowest BCUT2D eigenvalue weighted by Gasteiger charge is -2.21. The Hall–Kier alpha value is -1.70. The molecular formula is C22H24ClF3. The van der Waals surface area contributed by atoms with Crippen molar-refractivity contribution in [3.63, 3.8) is 0 Å². The molecule has 26 heavy (non-hydrogen) atoms. The van der Waals surface area contributed by atoms with Gasteiger partial charge in [-0.25, -0.2) is 0 Å². The molecule has 0 fully saturated rings. The summed E-state index contributed by atoms with van der Waals surface area (Å²) in [6, 6.07) is 3.92. The summed E-state index contributed by atoms with van der Waals surface area (Å²) < 4.78 is 39.7. The molecular weight excluding hydrogens is 357 g/mol. The third kappa shape index (κ3) is 4.52. The molecule has 0 spiro atoms. The van der Waals surface area contributed by atoms with Gasteiger partial charge in [0.15, 0.2) is 0 Å². The topological polar surface area (TPSA) is 0 Å². The fourth-order valence-electron chi connectivity index (χ4n) is 3.05. The van der Waals surface area contributed by atoms with E-state index in [1.54, 1.807) is 12.1 Å². The van der Waals surface area contributed by atoms with Crippen molar-refractivity contribution in [2.24, 2.45) is 11.8 Å². The number of hydrogen-bond acceptors (Lipinski definition) is 0. The minimum absolute atomic E-state index is 0.245. The molecule has 0 aliphatic heterocycles. The summed E-state index contributed by atoms with van der Waals surface area (Å²) in [6.07, 6.45) is 2.81. The molecule has 1 aliphatic rings. The molecule has 0 saturated heterocycles. The minimum Gasteiger partial charge on any atom is -0.166 e. The Kier molecular flexibility index (Phi) is 6.60. The van der Waals surface area contributed by atoms with E-state index in [-0.39, 0.29) is 5.92 Å². The van der Waals surface area contributed by atoms with Crippen LogP contribution in [-0.2, 0) is 12.6 Å². The zero-order valence-electron chi connectivity index (χ0n) is 15.5. The maximum atomic E-state index is 13.2. The van der Waals surface area contributed by atoms with E-state index < -0.39 is 11.7 Å². The Morgan fingerprint density at radius 3 is 2.50 bits per heavy atom. The van der Waals surface area contributed by atoms with Crippen LogP contribution in [0.25, 0.3) is 5.57 Å². The highest BCUT2D eigenvalue weighted by atomic mass is 35.5. The molecule has 0 heterocycles. The first-order valence-electron chi connectivity index (χ1n) is 8.89. The van der Waals surface area contributed by atoms with E-state index in [1.165, 1.54) is 6.07 Å². The number of halogens is 4. The second kappa shape index (κ2) is 8.33. The molecule has 2 unspecified atom stereocenters. The van der Waals surface area contributed by atoms with Crippen molar-refractivity contribution in [3.05, 3.63) is 69.5 Å². The number of hydrogen-bond donors (Lipinski definition) is 0. The summed E-state index contributed by atoms with van der Waals surface area (Å²) in [6.45, 7) is 8.21. The van der Waals surface area contributed by atoms with Gasteiger partial charge in [-0.15, -0.1) is 5.73 Å². The van der Waals surface area contributed by atoms with Crippen LogP contribution >= 0.6 is 11.6 Å². The molecule has 1 aliphatic carbocycles. The van der Waals surface area contributed by atoms with E-state index in [4.69, 9.17) is 11.6 Å². The molecule has 0 bridgehead atoms. The number of alkyl halides is 3. The van der Waals surface area contributed by atoms with Crippen LogP contribution in [0.5, 0.6) is 0 Å². The van der Waals surface area contributed by atoms with Gasteiger partial charge in [-0.3, -0.25) is 0 Å². The Morgan fingerprint density at radius 2 is 1.92 bits per heavy atom. The Morgan fingerprint density at radius 1 is 1.23 bits per heavy atom. The van der Waals surface area contributed by atoms with E-state index in [0.717, 1.165) is 29.2 Å². The predicted molar refractivity (Wildman–Crippen MR) is 103 cm³/mol. The Labute approximate surface area is 158 Å². The molecule has 140 valence electrons. The lowest BCUT2D eigenvalue weighted by molar-refractivity contribution is -0.137. The fraction of sp³-hybridized carbons (Fsp3) is 0.409. The van der Waals surface area contributed by atoms with Gasteiger partial charge in [0.25, 0.3) is 0 Å². The van der Waals surface area contributed by atoms with E-state index >= 15 is 0 Å². The van der Waals surface area contributed by atoms with Crippen LogP contribution < -0.4 is 0 Å². The van der Waals surface area contributed by atoms with Gasteiger partial charge in [-0.05, 0) is 60.1 Å². The second-order valence-electron chi connectivity index (χ2n) is 6.76. The second-order valence-corrected chi connectivity index (χ2v) is 7.14. The van der Waals surface area contributed by atoms with Crippen molar-refractivity contribution in [3.8, 4) is 0 Å². The number of rotatable bonds is 3. The quantitative estimate of drug-likeness (QED) is 0.475. The first kappa shape index (κ1) is 20.6. The van der Waals surface area contributed by atoms with Crippen molar-refractivity contribution in [1.29, 1.82) is 0 Å². The average molecular weight is 381 g/mol. The number of fused-ring (bicyclic) bond motifs is 1. The molecule has 0 amide bonds. The number of benzene rings is 1. The fourth-order valence-corrected chi connectivity index (χ4v) is 3.29. The van der Waals surface area contributed by atoms with Crippen molar-refractivity contribution in [2.75, 3.05) is 0 Å². The van der Waals surface area contributed by atoms with Crippen molar-refractivity contribution < 1.29 is 13.2 Å². The third-order valence-electron chi connectivity index (χ3n) is 5.06. The van der Waals surface area contributed by atoms with Crippen LogP contribution in [0.4, 0.5) is 13.2 Å². The zero-order chi connectivity index (χ0) is 19.5. The normalized spacial score (nSPS) is 20.4. The maximum Gasteiger partial charge on any atom is 0.416 e. The van der Waals surface area contributed by atoms with Crippen molar-refractivity contribution >= 4 is 17.2 Å². The van der Waals surface area contributed by atoms with Gasteiger partial charge >= 0.3 is 6.18 Å². The molecule has 0 saturated carbocycles. The van der Waals surface area contributed by atoms with Crippen molar-refractivity contribution in [1.82, 2.24) is 0 Å². The van der Waals surface area contributed by atoms with Crippen LogP contribution in [0.1, 0.15) is 50.8 Å². The lowest BCUT2D eigenvalue weighted by atomic mass is 9.85. The molecule has 0 radical (unpaired) electrons. The van der Waals surface area contributed by atoms with Crippen LogP contribution in [0.2, 0.25) is 0 Å². The molecule has 2 rings (SSSR count). The van der Waals surface area contributed by atoms with Gasteiger partial charge in [-0.2, -0.15) is 13.2 Å². The monoisotopic (exact) mass is 380 g/mol. The molecule has 0 aromatic heterocycles. The SMILES string of the molecule is CC=C1C(=CC(C)C(C)CC)C(Cl)=C=CCc2ccc(C(F)(F)F)cc21. The van der Waals surface area contributed by atoms with Crippen molar-refractivity contribution in [2.45, 2.75) is 46.7 Å². The Balaban J connectivity index is 2.67. The summed E-state index contributed by atoms with van der Waals surface area (Å²) >= 11 is 6.46. The molecule has 1 aromatic rings. The highest BCUT2D eigenvalue weighted by molar-refractivity contribution is 6.33. The maximum absolute atomic E-state index is 13.2. The van der Waals surface area contributed by atoms with E-state index in [0.29, 0.717) is 22.9 Å². The largest absolute Gasteiger partial charge is 0.416 e. The highest BCUT2D eigenvalue weighted by Crippen LogP contribution is 2.39. The first-order chi connectivity index (χ1) is 12.2. The average Bonchev–Trinajstić information content (AvgIpc) is 2.59. The van der Waals surface area contributed by atoms with Crippen LogP contribution in [0, 0.1) is 11.8 Å².